The lowest BCUT2D eigenvalue weighted by Crippen LogP contribution is -2.26. The minimum absolute atomic E-state index is 0.0349. The van der Waals surface area contributed by atoms with E-state index in [0.29, 0.717) is 29.2 Å². The van der Waals surface area contributed by atoms with Crippen LogP contribution >= 0.6 is 0 Å². The van der Waals surface area contributed by atoms with Crippen molar-refractivity contribution >= 4 is 5.97 Å². The second kappa shape index (κ2) is 8.30. The number of nitrogens with zero attached hydrogens (tertiary/aromatic N) is 1. The number of methoxy groups -OCH3 is 2. The molecule has 1 heterocycles. The topological polar surface area (TPSA) is 104 Å². The first-order valence-corrected chi connectivity index (χ1v) is 8.22. The van der Waals surface area contributed by atoms with Gasteiger partial charge in [0, 0.05) is 12.0 Å². The van der Waals surface area contributed by atoms with Crippen LogP contribution < -0.4 is 15.2 Å². The van der Waals surface area contributed by atoms with Crippen LogP contribution in [0.1, 0.15) is 31.7 Å². The Kier molecular flexibility index (Phi) is 6.12. The molecule has 0 bridgehead atoms. The van der Waals surface area contributed by atoms with Gasteiger partial charge >= 0.3 is 5.97 Å². The Hall–Kier alpha value is -3.14. The first-order chi connectivity index (χ1) is 12.5. The van der Waals surface area contributed by atoms with Gasteiger partial charge in [0.15, 0.2) is 11.5 Å². The van der Waals surface area contributed by atoms with Crippen LogP contribution in [0.15, 0.2) is 41.0 Å². The predicted octanol–water partition coefficient (Wildman–Crippen LogP) is 2.74. The zero-order chi connectivity index (χ0) is 19.3. The van der Waals surface area contributed by atoms with E-state index in [4.69, 9.17) is 24.7 Å². The molecule has 0 unspecified atom stereocenters. The monoisotopic (exact) mass is 358 g/mol. The molecule has 0 saturated carbocycles. The van der Waals surface area contributed by atoms with Gasteiger partial charge in [-0.25, -0.2) is 4.79 Å². The number of ether oxygens (including phenoxy) is 4. The average molecular weight is 358 g/mol. The summed E-state index contributed by atoms with van der Waals surface area (Å²) in [5.41, 5.74) is 6.90. The number of allylic oxidation sites excluding steroid dienone is 2. The molecule has 0 amide bonds. The van der Waals surface area contributed by atoms with E-state index in [2.05, 4.69) is 6.07 Å². The molecule has 0 aliphatic carbocycles. The van der Waals surface area contributed by atoms with E-state index in [1.54, 1.807) is 25.1 Å². The highest BCUT2D eigenvalue weighted by atomic mass is 16.5. The fourth-order valence-electron chi connectivity index (χ4n) is 2.96. The second-order valence-electron chi connectivity index (χ2n) is 5.42. The largest absolute Gasteiger partial charge is 0.493 e. The fraction of sp³-hybridized carbons (Fsp3) is 0.368. The molecular formula is C19H22N2O5. The summed E-state index contributed by atoms with van der Waals surface area (Å²) in [5.74, 6) is -0.0947. The molecule has 1 aliphatic rings. The molecule has 0 fully saturated rings. The number of hydrogen-bond donors (Lipinski definition) is 1. The number of esters is 1. The van der Waals surface area contributed by atoms with E-state index in [9.17, 15) is 10.1 Å². The van der Waals surface area contributed by atoms with Crippen molar-refractivity contribution in [3.05, 3.63) is 46.6 Å². The summed E-state index contributed by atoms with van der Waals surface area (Å²) in [6, 6.07) is 7.30. The number of hydrogen-bond acceptors (Lipinski definition) is 7. The Labute approximate surface area is 152 Å². The average Bonchev–Trinajstić information content (AvgIpc) is 2.66. The van der Waals surface area contributed by atoms with E-state index in [1.807, 2.05) is 6.92 Å². The molecule has 1 aromatic carbocycles. The first-order valence-electron chi connectivity index (χ1n) is 8.22. The van der Waals surface area contributed by atoms with Crippen molar-refractivity contribution in [2.24, 2.45) is 5.73 Å². The van der Waals surface area contributed by atoms with Gasteiger partial charge in [0.05, 0.1) is 32.3 Å². The summed E-state index contributed by atoms with van der Waals surface area (Å²) >= 11 is 0. The lowest BCUT2D eigenvalue weighted by atomic mass is 9.82. The van der Waals surface area contributed by atoms with Crippen LogP contribution in [0.25, 0.3) is 0 Å². The van der Waals surface area contributed by atoms with Crippen molar-refractivity contribution in [1.82, 2.24) is 0 Å². The van der Waals surface area contributed by atoms with Crippen molar-refractivity contribution in [3.8, 4) is 17.6 Å². The van der Waals surface area contributed by atoms with E-state index in [0.717, 1.165) is 0 Å². The number of nitriles is 1. The molecule has 2 N–H and O–H groups in total. The van der Waals surface area contributed by atoms with Gasteiger partial charge in [-0.05, 0) is 13.0 Å². The number of rotatable bonds is 6. The predicted molar refractivity (Wildman–Crippen MR) is 94.1 cm³/mol. The molecule has 2 rings (SSSR count). The van der Waals surface area contributed by atoms with E-state index < -0.39 is 11.9 Å². The van der Waals surface area contributed by atoms with Crippen molar-refractivity contribution < 1.29 is 23.7 Å². The van der Waals surface area contributed by atoms with Gasteiger partial charge in [0.25, 0.3) is 0 Å². The molecule has 0 spiro atoms. The molecule has 7 nitrogen and oxygen atoms in total. The van der Waals surface area contributed by atoms with Gasteiger partial charge in [0.2, 0.25) is 5.88 Å². The normalized spacial score (nSPS) is 16.7. The summed E-state index contributed by atoms with van der Waals surface area (Å²) in [4.78, 5) is 12.7. The summed E-state index contributed by atoms with van der Waals surface area (Å²) < 4.78 is 21.6. The third-order valence-corrected chi connectivity index (χ3v) is 4.06. The molecule has 1 aliphatic heterocycles. The summed E-state index contributed by atoms with van der Waals surface area (Å²) in [7, 11) is 3.01. The molecule has 0 saturated heterocycles. The Bertz CT molecular complexity index is 805. The molecule has 1 atom stereocenters. The number of carbonyl (C=O) groups excluding carboxylic acids is 1. The number of benzene rings is 1. The quantitative estimate of drug-likeness (QED) is 0.780. The van der Waals surface area contributed by atoms with E-state index in [-0.39, 0.29) is 23.6 Å². The Balaban J connectivity index is 2.78. The third kappa shape index (κ3) is 3.31. The molecule has 1 aromatic rings. The summed E-state index contributed by atoms with van der Waals surface area (Å²) in [6.07, 6.45) is 0.413. The zero-order valence-corrected chi connectivity index (χ0v) is 15.3. The van der Waals surface area contributed by atoms with Crippen LogP contribution in [-0.4, -0.2) is 26.8 Å². The van der Waals surface area contributed by atoms with Crippen molar-refractivity contribution in [2.75, 3.05) is 20.8 Å². The Morgan fingerprint density at radius 2 is 2.04 bits per heavy atom. The van der Waals surface area contributed by atoms with Crippen LogP contribution in [0, 0.1) is 11.3 Å². The van der Waals surface area contributed by atoms with Crippen molar-refractivity contribution in [3.63, 3.8) is 0 Å². The lowest BCUT2D eigenvalue weighted by Gasteiger charge is -2.29. The second-order valence-corrected chi connectivity index (χ2v) is 5.42. The van der Waals surface area contributed by atoms with Crippen LogP contribution in [-0.2, 0) is 14.3 Å². The highest BCUT2D eigenvalue weighted by Gasteiger charge is 2.39. The highest BCUT2D eigenvalue weighted by Crippen LogP contribution is 2.46. The molecule has 0 aromatic heterocycles. The van der Waals surface area contributed by atoms with Crippen LogP contribution in [0.3, 0.4) is 0 Å². The number of nitrogens with two attached hydrogens (primary N) is 1. The Morgan fingerprint density at radius 3 is 2.58 bits per heavy atom. The SMILES string of the molecule is CCOC(=O)C1=C(CC)OC(N)=C(C#N)[C@@H]1c1cccc(OC)c1OC. The number of para-hydroxylation sites is 1. The van der Waals surface area contributed by atoms with Crippen LogP contribution in [0.4, 0.5) is 0 Å². The van der Waals surface area contributed by atoms with Gasteiger partial charge in [0.1, 0.15) is 17.4 Å². The maximum atomic E-state index is 12.7. The minimum atomic E-state index is -0.771. The molecular weight excluding hydrogens is 336 g/mol. The fourth-order valence-corrected chi connectivity index (χ4v) is 2.96. The van der Waals surface area contributed by atoms with Gasteiger partial charge in [-0.1, -0.05) is 19.1 Å². The Morgan fingerprint density at radius 1 is 1.31 bits per heavy atom. The van der Waals surface area contributed by atoms with E-state index in [1.165, 1.54) is 14.2 Å². The summed E-state index contributed by atoms with van der Waals surface area (Å²) in [5, 5.41) is 9.66. The van der Waals surface area contributed by atoms with Crippen molar-refractivity contribution in [1.29, 1.82) is 5.26 Å². The highest BCUT2D eigenvalue weighted by molar-refractivity contribution is 5.93. The maximum absolute atomic E-state index is 12.7. The number of carbonyl (C=O) groups is 1. The minimum Gasteiger partial charge on any atom is -0.493 e. The first kappa shape index (κ1) is 19.2. The third-order valence-electron chi connectivity index (χ3n) is 4.06. The molecule has 0 radical (unpaired) electrons. The van der Waals surface area contributed by atoms with Gasteiger partial charge < -0.3 is 24.7 Å². The smallest absolute Gasteiger partial charge is 0.338 e. The van der Waals surface area contributed by atoms with Crippen LogP contribution in [0.2, 0.25) is 0 Å². The van der Waals surface area contributed by atoms with Gasteiger partial charge in [-0.2, -0.15) is 5.26 Å². The van der Waals surface area contributed by atoms with Gasteiger partial charge in [-0.3, -0.25) is 0 Å². The zero-order valence-electron chi connectivity index (χ0n) is 15.3. The molecule has 138 valence electrons. The summed E-state index contributed by atoms with van der Waals surface area (Å²) in [6.45, 7) is 3.74. The standard InChI is InChI=1S/C19H22N2O5/c1-5-13-16(19(22)25-6-2)15(12(10-20)18(21)26-13)11-8-7-9-14(23-3)17(11)24-4/h7-9,15H,5-6,21H2,1-4H3/t15-/m0/s1. The van der Waals surface area contributed by atoms with Crippen molar-refractivity contribution in [2.45, 2.75) is 26.2 Å². The lowest BCUT2D eigenvalue weighted by molar-refractivity contribution is -0.139. The maximum Gasteiger partial charge on any atom is 0.338 e. The molecule has 26 heavy (non-hydrogen) atoms. The molecule has 7 heteroatoms. The van der Waals surface area contributed by atoms with Crippen LogP contribution in [0.5, 0.6) is 11.5 Å². The van der Waals surface area contributed by atoms with E-state index >= 15 is 0 Å². The van der Waals surface area contributed by atoms with Gasteiger partial charge in [-0.15, -0.1) is 0 Å².